The van der Waals surface area contributed by atoms with Gasteiger partial charge in [-0.05, 0) is 24.3 Å². The molecule has 11 heteroatoms. The molecule has 0 fully saturated rings. The van der Waals surface area contributed by atoms with E-state index in [9.17, 15) is 8.42 Å². The average molecular weight is 539 g/mol. The third-order valence-corrected chi connectivity index (χ3v) is 3.94. The van der Waals surface area contributed by atoms with Crippen LogP contribution in [0.25, 0.3) is 0 Å². The van der Waals surface area contributed by atoms with Gasteiger partial charge in [0.05, 0.1) is 23.4 Å². The fraction of sp³-hybridized carbons (Fsp3) is 0.0769. The summed E-state index contributed by atoms with van der Waals surface area (Å²) in [5, 5.41) is 0. The van der Waals surface area contributed by atoms with Crippen molar-refractivity contribution in [1.29, 1.82) is 0 Å². The second-order valence-electron chi connectivity index (χ2n) is 4.30. The number of benzene rings is 2. The number of nitrogens with one attached hydrogen (secondary N) is 1. The Kier molecular flexibility index (Phi) is 8.58. The predicted octanol–water partition coefficient (Wildman–Crippen LogP) is 4.46. The van der Waals surface area contributed by atoms with Gasteiger partial charge < -0.3 is 10.5 Å². The Morgan fingerprint density at radius 2 is 1.58 bits per heavy atom. The molecule has 3 N–H and O–H groups in total. The Balaban J connectivity index is 0.000000505. The van der Waals surface area contributed by atoms with Crippen LogP contribution in [0.5, 0.6) is 5.75 Å². The molecule has 0 radical (unpaired) electrons. The first-order valence-corrected chi connectivity index (χ1v) is 22.2. The number of sulfonamides is 1. The summed E-state index contributed by atoms with van der Waals surface area (Å²) in [5.41, 5.74) is 6.40. The van der Waals surface area contributed by atoms with Gasteiger partial charge in [-0.2, -0.15) is 0 Å². The molecule has 5 nitrogen and oxygen atoms in total. The van der Waals surface area contributed by atoms with Crippen LogP contribution in [0.15, 0.2) is 53.4 Å². The third-order valence-electron chi connectivity index (χ3n) is 2.56. The molecule has 0 aliphatic heterocycles. The third kappa shape index (κ3) is 8.22. The molecule has 0 bridgehead atoms. The molecular weight excluding hydrogens is 525 g/mol. The van der Waals surface area contributed by atoms with Crippen LogP contribution in [-0.4, -0.2) is 29.4 Å². The number of ether oxygens (including phenoxy) is 1. The summed E-state index contributed by atoms with van der Waals surface area (Å²) >= 11 is -3.29. The van der Waals surface area contributed by atoms with Gasteiger partial charge in [0.25, 0.3) is 10.0 Å². The zero-order valence-electron chi connectivity index (χ0n) is 12.3. The Morgan fingerprint density at radius 3 is 2.04 bits per heavy atom. The van der Waals surface area contributed by atoms with Gasteiger partial charge in [0, 0.05) is 6.07 Å². The van der Waals surface area contributed by atoms with Gasteiger partial charge in [0.15, 0.2) is 0 Å². The summed E-state index contributed by atoms with van der Waals surface area (Å²) in [7, 11) is 18.0. The van der Waals surface area contributed by atoms with Crippen molar-refractivity contribution >= 4 is 71.0 Å². The summed E-state index contributed by atoms with van der Waals surface area (Å²) < 4.78 is 31.7. The second kappa shape index (κ2) is 9.45. The van der Waals surface area contributed by atoms with E-state index in [-0.39, 0.29) is 4.90 Å². The molecule has 0 atom stereocenters. The van der Waals surface area contributed by atoms with E-state index in [0.29, 0.717) is 17.1 Å². The van der Waals surface area contributed by atoms with Crippen molar-refractivity contribution < 1.29 is 13.2 Å². The maximum absolute atomic E-state index is 12.1. The van der Waals surface area contributed by atoms with Crippen LogP contribution < -0.4 is 15.2 Å². The van der Waals surface area contributed by atoms with Gasteiger partial charge in [-0.25, -0.2) is 8.42 Å². The molecule has 0 aromatic heterocycles. The van der Waals surface area contributed by atoms with E-state index < -0.39 is 23.9 Å². The fourth-order valence-corrected chi connectivity index (χ4v) is 2.67. The van der Waals surface area contributed by atoms with Crippen LogP contribution in [0.4, 0.5) is 11.4 Å². The van der Waals surface area contributed by atoms with E-state index in [1.807, 2.05) is 0 Å². The molecule has 0 amide bonds. The number of nitrogens with two attached hydrogens (primary N) is 1. The van der Waals surface area contributed by atoms with Crippen molar-refractivity contribution in [2.45, 2.75) is 4.90 Å². The molecule has 0 saturated carbocycles. The molecule has 0 unspecified atom stereocenters. The second-order valence-corrected chi connectivity index (χ2v) is 31.4. The van der Waals surface area contributed by atoms with Crippen LogP contribution in [0.3, 0.4) is 0 Å². The summed E-state index contributed by atoms with van der Waals surface area (Å²) in [6.45, 7) is 0. The SMILES string of the molecule is COc1ccc(NS(=O)(=O)c2ccccc2)c(N)c1.[Cl][Sn]([Cl])([Cl])[Cl]. The number of hydrogen-bond donors (Lipinski definition) is 2. The van der Waals surface area contributed by atoms with Crippen molar-refractivity contribution in [3.8, 4) is 5.75 Å². The number of hydrogen-bond acceptors (Lipinski definition) is 4. The van der Waals surface area contributed by atoms with Crippen LogP contribution >= 0.6 is 35.7 Å². The number of anilines is 2. The molecule has 0 spiro atoms. The minimum absolute atomic E-state index is 0.185. The standard InChI is InChI=1S/C13H14N2O3S.4ClH.Sn/c1-18-10-7-8-13(12(14)9-10)15-19(16,17)11-5-3-2-4-6-11;;;;;/h2-9,15H,14H2,1H3;4*1H;/q;;;;;+4/p-4. The Hall–Kier alpha value is -0.251. The molecule has 24 heavy (non-hydrogen) atoms. The Labute approximate surface area is 159 Å². The molecular formula is C13H14Cl4N2O3SSn. The quantitative estimate of drug-likeness (QED) is 0.445. The summed E-state index contributed by atoms with van der Waals surface area (Å²) in [6.07, 6.45) is 0. The normalized spacial score (nSPS) is 11.2. The molecule has 0 aliphatic carbocycles. The molecule has 132 valence electrons. The molecule has 0 heterocycles. The molecule has 2 aromatic rings. The number of rotatable bonds is 4. The first-order chi connectivity index (χ1) is 11.0. The van der Waals surface area contributed by atoms with Gasteiger partial charge in [-0.3, -0.25) is 4.72 Å². The predicted molar refractivity (Wildman–Crippen MR) is 104 cm³/mol. The van der Waals surface area contributed by atoms with Crippen molar-refractivity contribution in [2.24, 2.45) is 0 Å². The van der Waals surface area contributed by atoms with Gasteiger partial charge in [-0.1, -0.05) is 18.2 Å². The van der Waals surface area contributed by atoms with E-state index in [4.69, 9.17) is 46.2 Å². The number of halogens is 4. The van der Waals surface area contributed by atoms with Crippen LogP contribution in [0.2, 0.25) is 0 Å². The van der Waals surface area contributed by atoms with Gasteiger partial charge in [-0.15, -0.1) is 0 Å². The van der Waals surface area contributed by atoms with Gasteiger partial charge >= 0.3 is 49.6 Å². The van der Waals surface area contributed by atoms with Crippen LogP contribution in [0, 0.1) is 0 Å². The van der Waals surface area contributed by atoms with E-state index in [1.165, 1.54) is 19.2 Å². The average Bonchev–Trinajstić information content (AvgIpc) is 2.48. The number of nitrogen functional groups attached to an aromatic ring is 1. The number of methoxy groups -OCH3 is 1. The van der Waals surface area contributed by atoms with Gasteiger partial charge in [0.1, 0.15) is 5.75 Å². The summed E-state index contributed by atoms with van der Waals surface area (Å²) in [5.74, 6) is 0.570. The van der Waals surface area contributed by atoms with E-state index in [0.717, 1.165) is 0 Å². The van der Waals surface area contributed by atoms with Crippen molar-refractivity contribution in [1.82, 2.24) is 0 Å². The Bertz CT molecular complexity index is 765. The van der Waals surface area contributed by atoms with E-state index >= 15 is 0 Å². The fourth-order valence-electron chi connectivity index (χ4n) is 1.56. The van der Waals surface area contributed by atoms with Crippen molar-refractivity contribution in [2.75, 3.05) is 17.6 Å². The first kappa shape index (κ1) is 21.8. The molecule has 2 aromatic carbocycles. The topological polar surface area (TPSA) is 81.4 Å². The monoisotopic (exact) mass is 538 g/mol. The first-order valence-electron chi connectivity index (χ1n) is 6.30. The van der Waals surface area contributed by atoms with Crippen LogP contribution in [-0.2, 0) is 10.0 Å². The molecule has 0 aliphatic rings. The molecule has 0 saturated heterocycles. The zero-order chi connectivity index (χ0) is 18.4. The van der Waals surface area contributed by atoms with Crippen LogP contribution in [0.1, 0.15) is 0 Å². The Morgan fingerprint density at radius 1 is 1.04 bits per heavy atom. The summed E-state index contributed by atoms with van der Waals surface area (Å²) in [4.78, 5) is 0.185. The molecule has 2 rings (SSSR count). The van der Waals surface area contributed by atoms with Gasteiger partial charge in [0.2, 0.25) is 0 Å². The van der Waals surface area contributed by atoms with Crippen molar-refractivity contribution in [3.05, 3.63) is 48.5 Å². The van der Waals surface area contributed by atoms with E-state index in [1.54, 1.807) is 36.4 Å². The maximum atomic E-state index is 12.1. The minimum atomic E-state index is -3.63. The zero-order valence-corrected chi connectivity index (χ0v) is 19.0. The van der Waals surface area contributed by atoms with Crippen molar-refractivity contribution in [3.63, 3.8) is 0 Å². The van der Waals surface area contributed by atoms with E-state index in [2.05, 4.69) is 4.72 Å². The summed E-state index contributed by atoms with van der Waals surface area (Å²) in [6, 6.07) is 12.9.